The third-order valence-corrected chi connectivity index (χ3v) is 12.5. The molecule has 5 heteroatoms. The van der Waals surface area contributed by atoms with E-state index in [9.17, 15) is 0 Å². The number of benzene rings is 7. The van der Waals surface area contributed by atoms with Crippen molar-refractivity contribution in [1.29, 1.82) is 0 Å². The molecule has 0 aliphatic carbocycles. The average Bonchev–Trinajstić information content (AvgIpc) is 3.79. The molecule has 4 heterocycles. The molecule has 7 aromatic carbocycles. The lowest BCUT2D eigenvalue weighted by Crippen LogP contribution is -1.96. The smallest absolute Gasteiger partial charge is 0.160 e. The maximum atomic E-state index is 5.27. The van der Waals surface area contributed by atoms with Crippen LogP contribution in [0.1, 0.15) is 0 Å². The fourth-order valence-electron chi connectivity index (χ4n) is 7.64. The van der Waals surface area contributed by atoms with Gasteiger partial charge in [0, 0.05) is 78.8 Å². The van der Waals surface area contributed by atoms with E-state index >= 15 is 0 Å². The topological polar surface area (TPSA) is 38.7 Å². The van der Waals surface area contributed by atoms with E-state index < -0.39 is 0 Å². The summed E-state index contributed by atoms with van der Waals surface area (Å²) in [6, 6.07) is 58.1. The summed E-state index contributed by atoms with van der Waals surface area (Å²) in [6.45, 7) is 0. The van der Waals surface area contributed by atoms with E-state index in [1.807, 2.05) is 28.7 Å². The largest absolute Gasteiger partial charge is 0.247 e. The lowest BCUT2D eigenvalue weighted by molar-refractivity contribution is 1.19. The van der Waals surface area contributed by atoms with Gasteiger partial charge in [0.1, 0.15) is 0 Å². The van der Waals surface area contributed by atoms with Crippen LogP contribution in [0, 0.1) is 0 Å². The highest BCUT2D eigenvalue weighted by Gasteiger charge is 2.19. The second-order valence-corrected chi connectivity index (χ2v) is 15.2. The molecule has 0 amide bonds. The van der Waals surface area contributed by atoms with Gasteiger partial charge in [-0.15, -0.1) is 22.7 Å². The molecule has 11 aromatic rings. The Bertz CT molecular complexity index is 3180. The van der Waals surface area contributed by atoms with Crippen LogP contribution in [-0.4, -0.2) is 15.0 Å². The van der Waals surface area contributed by atoms with E-state index in [4.69, 9.17) is 15.0 Å². The molecular formula is C47H27N3S2. The highest BCUT2D eigenvalue weighted by atomic mass is 32.1. The number of hydrogen-bond donors (Lipinski definition) is 0. The molecule has 0 saturated carbocycles. The van der Waals surface area contributed by atoms with Crippen molar-refractivity contribution in [2.75, 3.05) is 0 Å². The van der Waals surface area contributed by atoms with E-state index in [0.717, 1.165) is 56.1 Å². The quantitative estimate of drug-likeness (QED) is 0.172. The summed E-state index contributed by atoms with van der Waals surface area (Å²) in [5, 5.41) is 8.64. The van der Waals surface area contributed by atoms with Crippen molar-refractivity contribution >= 4 is 84.7 Å². The van der Waals surface area contributed by atoms with Crippen LogP contribution in [0.15, 0.2) is 164 Å². The van der Waals surface area contributed by atoms with Crippen LogP contribution in [0.2, 0.25) is 0 Å². The second kappa shape index (κ2) is 11.6. The predicted molar refractivity (Wildman–Crippen MR) is 222 cm³/mol. The first-order chi connectivity index (χ1) is 25.8. The Morgan fingerprint density at radius 3 is 1.88 bits per heavy atom. The first-order valence-electron chi connectivity index (χ1n) is 17.4. The van der Waals surface area contributed by atoms with Crippen LogP contribution < -0.4 is 0 Å². The number of hydrogen-bond acceptors (Lipinski definition) is 5. The van der Waals surface area contributed by atoms with E-state index in [1.165, 1.54) is 51.1 Å². The van der Waals surface area contributed by atoms with Gasteiger partial charge in [-0.05, 0) is 24.3 Å². The summed E-state index contributed by atoms with van der Waals surface area (Å²) in [5.74, 6) is 0.720. The molecular weight excluding hydrogens is 671 g/mol. The van der Waals surface area contributed by atoms with Gasteiger partial charge in [0.05, 0.1) is 22.6 Å². The van der Waals surface area contributed by atoms with E-state index in [-0.39, 0.29) is 0 Å². The van der Waals surface area contributed by atoms with Crippen LogP contribution in [0.5, 0.6) is 0 Å². The molecule has 0 radical (unpaired) electrons. The van der Waals surface area contributed by atoms with Gasteiger partial charge < -0.3 is 0 Å². The zero-order valence-electron chi connectivity index (χ0n) is 27.7. The van der Waals surface area contributed by atoms with Crippen LogP contribution in [0.25, 0.3) is 107 Å². The molecule has 0 aliphatic heterocycles. The van der Waals surface area contributed by atoms with Gasteiger partial charge in [-0.3, -0.25) is 0 Å². The van der Waals surface area contributed by atoms with E-state index in [2.05, 4.69) is 158 Å². The molecule has 0 bridgehead atoms. The zero-order chi connectivity index (χ0) is 34.2. The Kier molecular flexibility index (Phi) is 6.59. The van der Waals surface area contributed by atoms with Gasteiger partial charge in [-0.1, -0.05) is 140 Å². The Labute approximate surface area is 307 Å². The van der Waals surface area contributed by atoms with Crippen molar-refractivity contribution in [2.24, 2.45) is 0 Å². The van der Waals surface area contributed by atoms with Gasteiger partial charge >= 0.3 is 0 Å². The fraction of sp³-hybridized carbons (Fsp3) is 0. The summed E-state index contributed by atoms with van der Waals surface area (Å²) < 4.78 is 5.04. The normalized spacial score (nSPS) is 11.8. The van der Waals surface area contributed by atoms with Crippen LogP contribution in [0.3, 0.4) is 0 Å². The van der Waals surface area contributed by atoms with Crippen molar-refractivity contribution in [3.8, 4) is 45.2 Å². The minimum atomic E-state index is 0.720. The monoisotopic (exact) mass is 697 g/mol. The summed E-state index contributed by atoms with van der Waals surface area (Å²) in [5.41, 5.74) is 8.15. The lowest BCUT2D eigenvalue weighted by Gasteiger charge is -2.11. The van der Waals surface area contributed by atoms with Crippen LogP contribution in [0.4, 0.5) is 0 Å². The molecule has 0 aliphatic rings. The van der Waals surface area contributed by atoms with Crippen molar-refractivity contribution in [1.82, 2.24) is 15.0 Å². The zero-order valence-corrected chi connectivity index (χ0v) is 29.4. The molecule has 0 N–H and O–H groups in total. The SMILES string of the molecule is c1ccc(-c2nc(-c3ccc4c(c3)sc3ccccc34)cc(-c3cccc4c3sc3c4ccc4c(-c5ccccc5)nc5ccccc5c43)n2)cc1. The van der Waals surface area contributed by atoms with E-state index in [0.29, 0.717) is 0 Å². The number of pyridine rings is 1. The van der Waals surface area contributed by atoms with Crippen molar-refractivity contribution in [3.05, 3.63) is 164 Å². The fourth-order valence-corrected chi connectivity index (χ4v) is 10.2. The Hall–Kier alpha value is -6.27. The lowest BCUT2D eigenvalue weighted by atomic mass is 9.97. The second-order valence-electron chi connectivity index (χ2n) is 13.1. The molecule has 0 atom stereocenters. The molecule has 11 rings (SSSR count). The molecule has 0 saturated heterocycles. The highest BCUT2D eigenvalue weighted by Crippen LogP contribution is 2.46. The highest BCUT2D eigenvalue weighted by molar-refractivity contribution is 7.27. The predicted octanol–water partition coefficient (Wildman–Crippen LogP) is 13.6. The first kappa shape index (κ1) is 29.5. The van der Waals surface area contributed by atoms with Crippen LogP contribution in [-0.2, 0) is 0 Å². The molecule has 0 spiro atoms. The molecule has 3 nitrogen and oxygen atoms in total. The summed E-state index contributed by atoms with van der Waals surface area (Å²) >= 11 is 3.68. The third kappa shape index (κ3) is 4.60. The number of thiophene rings is 2. The van der Waals surface area contributed by atoms with Gasteiger partial charge in [0.15, 0.2) is 5.82 Å². The number of para-hydroxylation sites is 1. The maximum absolute atomic E-state index is 5.27. The minimum absolute atomic E-state index is 0.720. The molecule has 0 fully saturated rings. The Morgan fingerprint density at radius 1 is 0.365 bits per heavy atom. The Balaban J connectivity index is 1.17. The molecule has 242 valence electrons. The van der Waals surface area contributed by atoms with Gasteiger partial charge in [0.2, 0.25) is 0 Å². The molecule has 4 aromatic heterocycles. The van der Waals surface area contributed by atoms with Crippen molar-refractivity contribution < 1.29 is 0 Å². The summed E-state index contributed by atoms with van der Waals surface area (Å²) in [6.07, 6.45) is 0. The van der Waals surface area contributed by atoms with Crippen molar-refractivity contribution in [2.45, 2.75) is 0 Å². The number of nitrogens with zero attached hydrogens (tertiary/aromatic N) is 3. The number of rotatable bonds is 4. The summed E-state index contributed by atoms with van der Waals surface area (Å²) in [4.78, 5) is 15.7. The number of fused-ring (bicyclic) bond motifs is 10. The molecule has 52 heavy (non-hydrogen) atoms. The first-order valence-corrected chi connectivity index (χ1v) is 19.0. The van der Waals surface area contributed by atoms with Gasteiger partial charge in [-0.25, -0.2) is 15.0 Å². The summed E-state index contributed by atoms with van der Waals surface area (Å²) in [7, 11) is 0. The maximum Gasteiger partial charge on any atom is 0.160 e. The average molecular weight is 698 g/mol. The standard InChI is InChI=1S/C47H27N3S2/c1-3-12-28(13-4-1)44-37-25-24-34-33-18-11-19-36(45(33)52-46(34)43(37)35-17-7-9-20-38(35)48-44)40-27-39(49-47(50-40)29-14-5-2-6-15-29)30-22-23-32-31-16-8-10-21-41(31)51-42(32)26-30/h1-27H. The van der Waals surface area contributed by atoms with E-state index in [1.54, 1.807) is 0 Å². The van der Waals surface area contributed by atoms with Crippen molar-refractivity contribution in [3.63, 3.8) is 0 Å². The number of aromatic nitrogens is 3. The van der Waals surface area contributed by atoms with Crippen LogP contribution >= 0.6 is 22.7 Å². The Morgan fingerprint density at radius 2 is 1.02 bits per heavy atom. The van der Waals surface area contributed by atoms with Gasteiger partial charge in [0.25, 0.3) is 0 Å². The third-order valence-electron chi connectivity index (χ3n) is 10.1. The van der Waals surface area contributed by atoms with Gasteiger partial charge in [-0.2, -0.15) is 0 Å². The minimum Gasteiger partial charge on any atom is -0.247 e. The molecule has 0 unspecified atom stereocenters.